The largest absolute Gasteiger partial charge is 0.442 e. The van der Waals surface area contributed by atoms with Crippen molar-refractivity contribution < 1.29 is 23.5 Å². The SMILES string of the molecule is CC(=O)NCC1CN(c2ccc(-c3ccc(CN4CCN(CC(N)=O)CC4)cc3)c(F)c2)C(=O)O1. The van der Waals surface area contributed by atoms with Crippen LogP contribution in [0.2, 0.25) is 0 Å². The number of carbonyl (C=O) groups excluding carboxylic acids is 3. The molecule has 2 heterocycles. The fourth-order valence-electron chi connectivity index (χ4n) is 4.38. The van der Waals surface area contributed by atoms with Crippen LogP contribution < -0.4 is 16.0 Å². The molecule has 4 rings (SSSR count). The van der Waals surface area contributed by atoms with E-state index in [1.54, 1.807) is 12.1 Å². The second-order valence-electron chi connectivity index (χ2n) is 8.93. The summed E-state index contributed by atoms with van der Waals surface area (Å²) < 4.78 is 20.2. The number of halogens is 1. The van der Waals surface area contributed by atoms with E-state index in [0.29, 0.717) is 17.8 Å². The molecule has 1 atom stereocenters. The highest BCUT2D eigenvalue weighted by molar-refractivity contribution is 5.90. The number of cyclic esters (lactones) is 1. The third-order valence-electron chi connectivity index (χ3n) is 6.23. The predicted molar refractivity (Wildman–Crippen MR) is 129 cm³/mol. The van der Waals surface area contributed by atoms with Crippen molar-refractivity contribution in [1.82, 2.24) is 15.1 Å². The molecular weight excluding hydrogens is 453 g/mol. The third kappa shape index (κ3) is 6.34. The van der Waals surface area contributed by atoms with E-state index in [-0.39, 0.29) is 24.9 Å². The molecule has 0 saturated carbocycles. The van der Waals surface area contributed by atoms with Crippen molar-refractivity contribution in [3.8, 4) is 11.1 Å². The average molecular weight is 484 g/mol. The Kier molecular flexibility index (Phi) is 7.62. The lowest BCUT2D eigenvalue weighted by atomic mass is 10.0. The fraction of sp³-hybridized carbons (Fsp3) is 0.400. The van der Waals surface area contributed by atoms with Gasteiger partial charge in [-0.2, -0.15) is 0 Å². The number of nitrogens with zero attached hydrogens (tertiary/aromatic N) is 3. The minimum atomic E-state index is -0.563. The number of ether oxygens (including phenoxy) is 1. The van der Waals surface area contributed by atoms with Crippen LogP contribution in [-0.4, -0.2) is 79.6 Å². The summed E-state index contributed by atoms with van der Waals surface area (Å²) in [6, 6.07) is 12.4. The van der Waals surface area contributed by atoms with Crippen molar-refractivity contribution in [3.05, 3.63) is 53.8 Å². The number of anilines is 1. The maximum absolute atomic E-state index is 15.0. The van der Waals surface area contributed by atoms with Gasteiger partial charge in [-0.3, -0.25) is 24.3 Å². The van der Waals surface area contributed by atoms with Gasteiger partial charge >= 0.3 is 6.09 Å². The monoisotopic (exact) mass is 483 g/mol. The first kappa shape index (κ1) is 24.6. The Bertz CT molecular complexity index is 1090. The van der Waals surface area contributed by atoms with E-state index in [9.17, 15) is 18.8 Å². The summed E-state index contributed by atoms with van der Waals surface area (Å²) in [5.74, 6) is -0.941. The van der Waals surface area contributed by atoms with Gasteiger partial charge in [-0.25, -0.2) is 9.18 Å². The smallest absolute Gasteiger partial charge is 0.414 e. The Labute approximate surface area is 203 Å². The molecule has 3 amide bonds. The normalized spacial score (nSPS) is 19.0. The third-order valence-corrected chi connectivity index (χ3v) is 6.23. The highest BCUT2D eigenvalue weighted by Gasteiger charge is 2.32. The number of hydrogen-bond donors (Lipinski definition) is 2. The van der Waals surface area contributed by atoms with Crippen molar-refractivity contribution in [2.45, 2.75) is 19.6 Å². The Morgan fingerprint density at radius 2 is 1.77 bits per heavy atom. The topological polar surface area (TPSA) is 108 Å². The van der Waals surface area contributed by atoms with E-state index in [4.69, 9.17) is 10.5 Å². The number of amides is 3. The quantitative estimate of drug-likeness (QED) is 0.590. The van der Waals surface area contributed by atoms with Crippen LogP contribution in [0, 0.1) is 5.82 Å². The fourth-order valence-corrected chi connectivity index (χ4v) is 4.38. The summed E-state index contributed by atoms with van der Waals surface area (Å²) in [4.78, 5) is 40.1. The van der Waals surface area contributed by atoms with Gasteiger partial charge in [0.1, 0.15) is 11.9 Å². The van der Waals surface area contributed by atoms with Gasteiger partial charge in [0.05, 0.1) is 25.3 Å². The molecule has 2 aliphatic heterocycles. The molecule has 2 aromatic rings. The Hall–Kier alpha value is -3.50. The first-order chi connectivity index (χ1) is 16.8. The molecule has 0 radical (unpaired) electrons. The molecular formula is C25H30FN5O4. The lowest BCUT2D eigenvalue weighted by molar-refractivity contribution is -0.120. The lowest BCUT2D eigenvalue weighted by Crippen LogP contribution is -2.48. The van der Waals surface area contributed by atoms with E-state index in [1.807, 2.05) is 24.3 Å². The van der Waals surface area contributed by atoms with Crippen molar-refractivity contribution >= 4 is 23.6 Å². The first-order valence-electron chi connectivity index (χ1n) is 11.6. The van der Waals surface area contributed by atoms with Gasteiger partial charge in [0.25, 0.3) is 0 Å². The van der Waals surface area contributed by atoms with Crippen LogP contribution in [0.25, 0.3) is 11.1 Å². The average Bonchev–Trinajstić information content (AvgIpc) is 3.20. The molecule has 10 heteroatoms. The molecule has 0 bridgehead atoms. The van der Waals surface area contributed by atoms with Gasteiger partial charge in [0, 0.05) is 45.2 Å². The molecule has 35 heavy (non-hydrogen) atoms. The minimum absolute atomic E-state index is 0.205. The molecule has 0 aliphatic carbocycles. The first-order valence-corrected chi connectivity index (χ1v) is 11.6. The molecule has 9 nitrogen and oxygen atoms in total. The van der Waals surface area contributed by atoms with Crippen molar-refractivity contribution in [1.29, 1.82) is 0 Å². The van der Waals surface area contributed by atoms with Gasteiger partial charge in [-0.05, 0) is 29.3 Å². The summed E-state index contributed by atoms with van der Waals surface area (Å²) in [7, 11) is 0. The van der Waals surface area contributed by atoms with E-state index < -0.39 is 18.0 Å². The zero-order valence-corrected chi connectivity index (χ0v) is 19.7. The van der Waals surface area contributed by atoms with Crippen LogP contribution in [0.1, 0.15) is 12.5 Å². The molecule has 2 saturated heterocycles. The number of carbonyl (C=O) groups is 3. The maximum atomic E-state index is 15.0. The Morgan fingerprint density at radius 3 is 2.40 bits per heavy atom. The highest BCUT2D eigenvalue weighted by Crippen LogP contribution is 2.29. The summed E-state index contributed by atoms with van der Waals surface area (Å²) in [5, 5.41) is 2.62. The number of rotatable bonds is 8. The summed E-state index contributed by atoms with van der Waals surface area (Å²) >= 11 is 0. The molecule has 1 unspecified atom stereocenters. The van der Waals surface area contributed by atoms with Crippen LogP contribution in [0.4, 0.5) is 14.9 Å². The second-order valence-corrected chi connectivity index (χ2v) is 8.93. The van der Waals surface area contributed by atoms with Gasteiger partial charge in [-0.1, -0.05) is 24.3 Å². The van der Waals surface area contributed by atoms with Crippen molar-refractivity contribution in [2.75, 3.05) is 50.7 Å². The van der Waals surface area contributed by atoms with E-state index in [1.165, 1.54) is 17.9 Å². The lowest BCUT2D eigenvalue weighted by Gasteiger charge is -2.34. The van der Waals surface area contributed by atoms with Gasteiger partial charge in [0.2, 0.25) is 11.8 Å². The molecule has 186 valence electrons. The Morgan fingerprint density at radius 1 is 1.09 bits per heavy atom. The van der Waals surface area contributed by atoms with Crippen LogP contribution in [-0.2, 0) is 20.9 Å². The van der Waals surface area contributed by atoms with Crippen molar-refractivity contribution in [3.63, 3.8) is 0 Å². The summed E-state index contributed by atoms with van der Waals surface area (Å²) in [6.45, 7) is 6.24. The van der Waals surface area contributed by atoms with Gasteiger partial charge < -0.3 is 15.8 Å². The molecule has 2 fully saturated rings. The van der Waals surface area contributed by atoms with E-state index >= 15 is 0 Å². The van der Waals surface area contributed by atoms with E-state index in [2.05, 4.69) is 15.1 Å². The molecule has 0 aromatic heterocycles. The molecule has 3 N–H and O–H groups in total. The molecule has 2 aliphatic rings. The molecule has 0 spiro atoms. The molecule has 2 aromatic carbocycles. The standard InChI is InChI=1S/C25H30FN5O4/c1-17(32)28-13-21-15-31(25(34)35-21)20-6-7-22(23(26)12-20)19-4-2-18(3-5-19)14-29-8-10-30(11-9-29)16-24(27)33/h2-7,12,21H,8-11,13-16H2,1H3,(H2,27,33)(H,28,32). The number of benzene rings is 2. The highest BCUT2D eigenvalue weighted by atomic mass is 19.1. The van der Waals surface area contributed by atoms with E-state index in [0.717, 1.165) is 43.9 Å². The van der Waals surface area contributed by atoms with Crippen LogP contribution in [0.3, 0.4) is 0 Å². The minimum Gasteiger partial charge on any atom is -0.442 e. The summed E-state index contributed by atoms with van der Waals surface area (Å²) in [6.07, 6.45) is -1.04. The zero-order valence-electron chi connectivity index (χ0n) is 19.7. The predicted octanol–water partition coefficient (Wildman–Crippen LogP) is 1.56. The second kappa shape index (κ2) is 10.8. The maximum Gasteiger partial charge on any atom is 0.414 e. The number of nitrogens with two attached hydrogens (primary N) is 1. The zero-order chi connectivity index (χ0) is 24.9. The van der Waals surface area contributed by atoms with Crippen LogP contribution in [0.5, 0.6) is 0 Å². The van der Waals surface area contributed by atoms with Crippen molar-refractivity contribution in [2.24, 2.45) is 5.73 Å². The number of hydrogen-bond acceptors (Lipinski definition) is 6. The van der Waals surface area contributed by atoms with Crippen LogP contribution >= 0.6 is 0 Å². The number of nitrogens with one attached hydrogen (secondary N) is 1. The summed E-state index contributed by atoms with van der Waals surface area (Å²) in [5.41, 5.74) is 8.00. The Balaban J connectivity index is 1.35. The van der Waals surface area contributed by atoms with Gasteiger partial charge in [0.15, 0.2) is 0 Å². The number of primary amides is 1. The van der Waals surface area contributed by atoms with Crippen LogP contribution in [0.15, 0.2) is 42.5 Å². The van der Waals surface area contributed by atoms with Gasteiger partial charge in [-0.15, -0.1) is 0 Å². The number of piperazine rings is 1.